The minimum absolute atomic E-state index is 0.472. The fraction of sp³-hybridized carbons (Fsp3) is 0.0500. The Hall–Kier alpha value is -3.25. The lowest BCUT2D eigenvalue weighted by molar-refractivity contribution is 0.590. The Kier molecular flexibility index (Phi) is 4.57. The molecule has 0 unspecified atom stereocenters. The third kappa shape index (κ3) is 3.27. The van der Waals surface area contributed by atoms with E-state index in [-0.39, 0.29) is 0 Å². The molecule has 5 nitrogen and oxygen atoms in total. The number of hydrogen-bond donors (Lipinski definition) is 0. The van der Waals surface area contributed by atoms with E-state index in [9.17, 15) is 0 Å². The smallest absolute Gasteiger partial charge is 0.222 e. The molecule has 1 heterocycles. The summed E-state index contributed by atoms with van der Waals surface area (Å²) in [4.78, 5) is 2.15. The molecule has 0 aliphatic heterocycles. The van der Waals surface area contributed by atoms with Crippen LogP contribution in [0.1, 0.15) is 0 Å². The molecule has 4 rings (SSSR count). The van der Waals surface area contributed by atoms with Crippen molar-refractivity contribution >= 4 is 23.6 Å². The van der Waals surface area contributed by atoms with E-state index in [0.717, 1.165) is 17.1 Å². The van der Waals surface area contributed by atoms with Gasteiger partial charge in [0.1, 0.15) is 6.67 Å². The Morgan fingerprint density at radius 1 is 0.692 bits per heavy atom. The van der Waals surface area contributed by atoms with Crippen molar-refractivity contribution in [3.05, 3.63) is 95.8 Å². The quantitative estimate of drug-likeness (QED) is 0.488. The minimum atomic E-state index is 0.472. The van der Waals surface area contributed by atoms with E-state index in [2.05, 4.69) is 39.6 Å². The Morgan fingerprint density at radius 2 is 1.19 bits per heavy atom. The predicted molar refractivity (Wildman–Crippen MR) is 105 cm³/mol. The van der Waals surface area contributed by atoms with Gasteiger partial charge in [-0.1, -0.05) is 54.6 Å². The average Bonchev–Trinajstić information content (AvgIpc) is 3.08. The highest BCUT2D eigenvalue weighted by atomic mass is 32.1. The summed E-state index contributed by atoms with van der Waals surface area (Å²) in [5.74, 6) is 0. The van der Waals surface area contributed by atoms with Crippen molar-refractivity contribution in [3.8, 4) is 5.69 Å². The second-order valence-corrected chi connectivity index (χ2v) is 6.11. The molecule has 0 bridgehead atoms. The zero-order valence-corrected chi connectivity index (χ0v) is 14.8. The van der Waals surface area contributed by atoms with E-state index in [1.165, 1.54) is 0 Å². The first kappa shape index (κ1) is 16.2. The van der Waals surface area contributed by atoms with Crippen molar-refractivity contribution in [2.24, 2.45) is 0 Å². The summed E-state index contributed by atoms with van der Waals surface area (Å²) in [6.07, 6.45) is 0. The van der Waals surface area contributed by atoms with Gasteiger partial charge < -0.3 is 4.90 Å². The Bertz CT molecular complexity index is 987. The van der Waals surface area contributed by atoms with Crippen LogP contribution in [0.5, 0.6) is 0 Å². The molecule has 0 atom stereocenters. The topological polar surface area (TPSA) is 38.9 Å². The van der Waals surface area contributed by atoms with Crippen LogP contribution < -0.4 is 4.90 Å². The number of aromatic nitrogens is 4. The van der Waals surface area contributed by atoms with Crippen molar-refractivity contribution in [1.29, 1.82) is 0 Å². The maximum absolute atomic E-state index is 5.60. The normalized spacial score (nSPS) is 10.6. The summed E-state index contributed by atoms with van der Waals surface area (Å²) < 4.78 is 3.94. The molecule has 0 fully saturated rings. The molecule has 6 heteroatoms. The van der Waals surface area contributed by atoms with Gasteiger partial charge in [-0.3, -0.25) is 0 Å². The van der Waals surface area contributed by atoms with Crippen molar-refractivity contribution in [3.63, 3.8) is 0 Å². The van der Waals surface area contributed by atoms with Gasteiger partial charge in [-0.2, -0.15) is 9.36 Å². The van der Waals surface area contributed by atoms with Crippen LogP contribution in [0.25, 0.3) is 5.69 Å². The molecule has 3 aromatic carbocycles. The molecule has 0 saturated carbocycles. The first-order valence-electron chi connectivity index (χ1n) is 8.29. The third-order valence-corrected chi connectivity index (χ3v) is 4.43. The molecule has 128 valence electrons. The first-order chi connectivity index (χ1) is 12.8. The molecule has 0 aliphatic carbocycles. The lowest BCUT2D eigenvalue weighted by Crippen LogP contribution is -2.22. The largest absolute Gasteiger partial charge is 0.321 e. The molecular formula is C20H17N5S. The lowest BCUT2D eigenvalue weighted by atomic mass is 10.2. The number of hydrogen-bond acceptors (Lipinski definition) is 4. The number of anilines is 2. The number of benzene rings is 3. The first-order valence-corrected chi connectivity index (χ1v) is 8.69. The van der Waals surface area contributed by atoms with Gasteiger partial charge in [0.25, 0.3) is 0 Å². The fourth-order valence-electron chi connectivity index (χ4n) is 2.76. The van der Waals surface area contributed by atoms with Crippen LogP contribution >= 0.6 is 12.2 Å². The van der Waals surface area contributed by atoms with Gasteiger partial charge in [-0.25, -0.2) is 0 Å². The van der Waals surface area contributed by atoms with Crippen LogP contribution in [0.15, 0.2) is 91.0 Å². The second kappa shape index (κ2) is 7.33. The number of rotatable bonds is 5. The van der Waals surface area contributed by atoms with Gasteiger partial charge in [0.05, 0.1) is 5.69 Å². The molecule has 4 aromatic rings. The Morgan fingerprint density at radius 3 is 1.73 bits per heavy atom. The van der Waals surface area contributed by atoms with Crippen LogP contribution in [0.4, 0.5) is 11.4 Å². The van der Waals surface area contributed by atoms with Crippen LogP contribution in [-0.2, 0) is 6.67 Å². The molecule has 1 aromatic heterocycles. The standard InChI is InChI=1S/C20H17N5S/c26-20-24(21-22-25(20)19-14-8-3-9-15-19)16-23(17-10-4-1-5-11-17)18-12-6-2-7-13-18/h1-15H,16H2. The maximum Gasteiger partial charge on any atom is 0.222 e. The van der Waals surface area contributed by atoms with E-state index in [1.807, 2.05) is 66.7 Å². The zero-order valence-electron chi connectivity index (χ0n) is 14.0. The number of nitrogens with zero attached hydrogens (tertiary/aromatic N) is 5. The van der Waals surface area contributed by atoms with Crippen LogP contribution in [-0.4, -0.2) is 19.8 Å². The fourth-order valence-corrected chi connectivity index (χ4v) is 2.99. The summed E-state index contributed by atoms with van der Waals surface area (Å²) in [5.41, 5.74) is 3.03. The monoisotopic (exact) mass is 359 g/mol. The van der Waals surface area contributed by atoms with Gasteiger partial charge >= 0.3 is 0 Å². The minimum Gasteiger partial charge on any atom is -0.321 e. The molecule has 0 aliphatic rings. The maximum atomic E-state index is 5.60. The van der Waals surface area contributed by atoms with Crippen molar-refractivity contribution in [2.75, 3.05) is 4.90 Å². The molecule has 0 amide bonds. The zero-order chi connectivity index (χ0) is 17.8. The third-order valence-electron chi connectivity index (χ3n) is 4.05. The van der Waals surface area contributed by atoms with Crippen molar-refractivity contribution < 1.29 is 0 Å². The van der Waals surface area contributed by atoms with E-state index < -0.39 is 0 Å². The van der Waals surface area contributed by atoms with E-state index in [4.69, 9.17) is 12.2 Å². The van der Waals surface area contributed by atoms with E-state index in [1.54, 1.807) is 9.36 Å². The van der Waals surface area contributed by atoms with Crippen molar-refractivity contribution in [2.45, 2.75) is 6.67 Å². The summed E-state index contributed by atoms with van der Waals surface area (Å²) >= 11 is 5.60. The summed E-state index contributed by atoms with van der Waals surface area (Å²) in [5, 5.41) is 8.49. The molecule has 0 N–H and O–H groups in total. The number of para-hydroxylation sites is 3. The van der Waals surface area contributed by atoms with Crippen LogP contribution in [0.3, 0.4) is 0 Å². The highest BCUT2D eigenvalue weighted by molar-refractivity contribution is 7.71. The summed E-state index contributed by atoms with van der Waals surface area (Å²) in [6, 6.07) is 30.1. The van der Waals surface area contributed by atoms with Gasteiger partial charge in [0.2, 0.25) is 4.77 Å². The van der Waals surface area contributed by atoms with Crippen LogP contribution in [0, 0.1) is 4.77 Å². The van der Waals surface area contributed by atoms with Gasteiger partial charge in [0, 0.05) is 11.4 Å². The second-order valence-electron chi connectivity index (χ2n) is 5.75. The van der Waals surface area contributed by atoms with E-state index in [0.29, 0.717) is 11.4 Å². The lowest BCUT2D eigenvalue weighted by Gasteiger charge is -2.24. The molecule has 0 spiro atoms. The molecule has 26 heavy (non-hydrogen) atoms. The molecule has 0 radical (unpaired) electrons. The highest BCUT2D eigenvalue weighted by Gasteiger charge is 2.13. The van der Waals surface area contributed by atoms with Crippen molar-refractivity contribution in [1.82, 2.24) is 19.8 Å². The molecular weight excluding hydrogens is 342 g/mol. The average molecular weight is 359 g/mol. The summed E-state index contributed by atoms with van der Waals surface area (Å²) in [7, 11) is 0. The predicted octanol–water partition coefficient (Wildman–Crippen LogP) is 4.59. The van der Waals surface area contributed by atoms with E-state index >= 15 is 0 Å². The van der Waals surface area contributed by atoms with Crippen LogP contribution in [0.2, 0.25) is 0 Å². The SMILES string of the molecule is S=c1n(CN(c2ccccc2)c2ccccc2)nnn1-c1ccccc1. The summed E-state index contributed by atoms with van der Waals surface area (Å²) in [6.45, 7) is 0.472. The number of tetrazole rings is 1. The Labute approximate surface area is 156 Å². The van der Waals surface area contributed by atoms with Gasteiger partial charge in [-0.15, -0.1) is 0 Å². The van der Waals surface area contributed by atoms with Gasteiger partial charge in [0.15, 0.2) is 0 Å². The highest BCUT2D eigenvalue weighted by Crippen LogP contribution is 2.25. The Balaban J connectivity index is 1.72. The van der Waals surface area contributed by atoms with Gasteiger partial charge in [-0.05, 0) is 59.0 Å². The molecule has 0 saturated heterocycles.